The molecule has 0 aliphatic carbocycles. The van der Waals surface area contributed by atoms with E-state index in [1.165, 1.54) is 11.8 Å². The molecular weight excluding hydrogens is 332 g/mol. The molecular formula is C17H13ClN2O2S. The molecule has 0 atom stereocenters. The first-order chi connectivity index (χ1) is 11.2. The van der Waals surface area contributed by atoms with Crippen LogP contribution in [0.1, 0.15) is 5.56 Å². The van der Waals surface area contributed by atoms with Crippen molar-refractivity contribution < 1.29 is 9.53 Å². The van der Waals surface area contributed by atoms with Crippen molar-refractivity contribution in [1.82, 2.24) is 5.32 Å². The Balaban J connectivity index is 1.85. The minimum absolute atomic E-state index is 0.177. The number of benzene rings is 2. The summed E-state index contributed by atoms with van der Waals surface area (Å²) in [6.07, 6.45) is 1.80. The van der Waals surface area contributed by atoms with E-state index in [9.17, 15) is 4.79 Å². The maximum atomic E-state index is 12.1. The van der Waals surface area contributed by atoms with Gasteiger partial charge in [0.1, 0.15) is 5.75 Å². The normalized spacial score (nSPS) is 17.6. The molecule has 1 amide bonds. The van der Waals surface area contributed by atoms with Gasteiger partial charge in [-0.3, -0.25) is 4.79 Å². The number of amides is 1. The summed E-state index contributed by atoms with van der Waals surface area (Å²) in [6.45, 7) is 0. The molecule has 0 unspecified atom stereocenters. The predicted molar refractivity (Wildman–Crippen MR) is 95.3 cm³/mol. The van der Waals surface area contributed by atoms with Gasteiger partial charge < -0.3 is 10.1 Å². The summed E-state index contributed by atoms with van der Waals surface area (Å²) in [7, 11) is 1.61. The number of hydrogen-bond donors (Lipinski definition) is 1. The third-order valence-corrected chi connectivity index (χ3v) is 4.35. The van der Waals surface area contributed by atoms with Crippen LogP contribution in [0.25, 0.3) is 6.08 Å². The van der Waals surface area contributed by atoms with Gasteiger partial charge in [-0.25, -0.2) is 4.99 Å². The van der Waals surface area contributed by atoms with Crippen LogP contribution >= 0.6 is 23.4 Å². The maximum absolute atomic E-state index is 12.1. The van der Waals surface area contributed by atoms with Gasteiger partial charge in [-0.05, 0) is 47.7 Å². The first-order valence-electron chi connectivity index (χ1n) is 6.84. The van der Waals surface area contributed by atoms with Crippen molar-refractivity contribution >= 4 is 46.2 Å². The van der Waals surface area contributed by atoms with E-state index >= 15 is 0 Å². The SMILES string of the molecule is COc1cccc(C=C2SC(=Nc3ccccc3Cl)NC2=O)c1. The highest BCUT2D eigenvalue weighted by atomic mass is 35.5. The van der Waals surface area contributed by atoms with Crippen LogP contribution in [0.15, 0.2) is 58.4 Å². The van der Waals surface area contributed by atoms with Crippen LogP contribution in [0.4, 0.5) is 5.69 Å². The van der Waals surface area contributed by atoms with E-state index in [1.54, 1.807) is 25.3 Å². The van der Waals surface area contributed by atoms with Crippen LogP contribution in [0.3, 0.4) is 0 Å². The fraction of sp³-hybridized carbons (Fsp3) is 0.0588. The summed E-state index contributed by atoms with van der Waals surface area (Å²) < 4.78 is 5.18. The molecule has 4 nitrogen and oxygen atoms in total. The Morgan fingerprint density at radius 2 is 2.04 bits per heavy atom. The van der Waals surface area contributed by atoms with Crippen LogP contribution in [-0.2, 0) is 4.79 Å². The minimum Gasteiger partial charge on any atom is -0.497 e. The molecule has 23 heavy (non-hydrogen) atoms. The first-order valence-corrected chi connectivity index (χ1v) is 8.03. The Hall–Kier alpha value is -2.24. The number of ether oxygens (including phenoxy) is 1. The molecule has 0 saturated carbocycles. The number of carbonyl (C=O) groups excluding carboxylic acids is 1. The Bertz CT molecular complexity index is 818. The van der Waals surface area contributed by atoms with Crippen molar-refractivity contribution in [3.05, 3.63) is 64.0 Å². The van der Waals surface area contributed by atoms with E-state index in [2.05, 4.69) is 10.3 Å². The predicted octanol–water partition coefficient (Wildman–Crippen LogP) is 4.24. The maximum Gasteiger partial charge on any atom is 0.264 e. The number of nitrogens with zero attached hydrogens (tertiary/aromatic N) is 1. The fourth-order valence-electron chi connectivity index (χ4n) is 2.01. The number of para-hydroxylation sites is 1. The Kier molecular flexibility index (Phi) is 4.69. The first kappa shape index (κ1) is 15.6. The second-order valence-electron chi connectivity index (χ2n) is 4.71. The summed E-state index contributed by atoms with van der Waals surface area (Å²) in [5, 5.41) is 3.80. The lowest BCUT2D eigenvalue weighted by atomic mass is 10.2. The molecule has 1 saturated heterocycles. The third-order valence-electron chi connectivity index (χ3n) is 3.12. The van der Waals surface area contributed by atoms with E-state index in [4.69, 9.17) is 16.3 Å². The van der Waals surface area contributed by atoms with E-state index in [0.717, 1.165) is 11.3 Å². The number of nitrogens with one attached hydrogen (secondary N) is 1. The van der Waals surface area contributed by atoms with Gasteiger partial charge in [0, 0.05) is 0 Å². The van der Waals surface area contributed by atoms with Gasteiger partial charge in [0.05, 0.1) is 22.7 Å². The number of carbonyl (C=O) groups is 1. The summed E-state index contributed by atoms with van der Waals surface area (Å²) in [6, 6.07) is 14.7. The third kappa shape index (κ3) is 3.75. The molecule has 3 rings (SSSR count). The van der Waals surface area contributed by atoms with Gasteiger partial charge in [-0.2, -0.15) is 0 Å². The lowest BCUT2D eigenvalue weighted by Gasteiger charge is -2.00. The average Bonchev–Trinajstić information content (AvgIpc) is 2.89. The molecule has 1 N–H and O–H groups in total. The molecule has 0 bridgehead atoms. The summed E-state index contributed by atoms with van der Waals surface area (Å²) in [4.78, 5) is 17.0. The molecule has 0 aromatic heterocycles. The molecule has 2 aromatic rings. The second-order valence-corrected chi connectivity index (χ2v) is 6.15. The fourth-order valence-corrected chi connectivity index (χ4v) is 3.03. The highest BCUT2D eigenvalue weighted by Gasteiger charge is 2.24. The van der Waals surface area contributed by atoms with E-state index in [0.29, 0.717) is 20.8 Å². The zero-order valence-corrected chi connectivity index (χ0v) is 13.8. The van der Waals surface area contributed by atoms with Crippen molar-refractivity contribution in [3.8, 4) is 5.75 Å². The lowest BCUT2D eigenvalue weighted by Crippen LogP contribution is -2.19. The molecule has 0 radical (unpaired) electrons. The van der Waals surface area contributed by atoms with Crippen LogP contribution in [0, 0.1) is 0 Å². The number of thioether (sulfide) groups is 1. The van der Waals surface area contributed by atoms with Gasteiger partial charge in [0.15, 0.2) is 5.17 Å². The quantitative estimate of drug-likeness (QED) is 0.847. The smallest absolute Gasteiger partial charge is 0.264 e. The van der Waals surface area contributed by atoms with Crippen molar-refractivity contribution in [3.63, 3.8) is 0 Å². The van der Waals surface area contributed by atoms with E-state index < -0.39 is 0 Å². The van der Waals surface area contributed by atoms with Gasteiger partial charge in [0.25, 0.3) is 5.91 Å². The van der Waals surface area contributed by atoms with E-state index in [1.807, 2.05) is 36.4 Å². The Morgan fingerprint density at radius 1 is 1.22 bits per heavy atom. The van der Waals surface area contributed by atoms with Crippen molar-refractivity contribution in [2.75, 3.05) is 7.11 Å². The van der Waals surface area contributed by atoms with Crippen molar-refractivity contribution in [1.29, 1.82) is 0 Å². The number of hydrogen-bond acceptors (Lipinski definition) is 4. The summed E-state index contributed by atoms with van der Waals surface area (Å²) in [5.74, 6) is 0.566. The zero-order valence-electron chi connectivity index (χ0n) is 12.2. The van der Waals surface area contributed by atoms with Crippen LogP contribution < -0.4 is 10.1 Å². The zero-order chi connectivity index (χ0) is 16.2. The van der Waals surface area contributed by atoms with Crippen LogP contribution in [0.5, 0.6) is 5.75 Å². The molecule has 116 valence electrons. The van der Waals surface area contributed by atoms with E-state index in [-0.39, 0.29) is 5.91 Å². The van der Waals surface area contributed by atoms with Crippen LogP contribution in [-0.4, -0.2) is 18.2 Å². The molecule has 2 aromatic carbocycles. The standard InChI is InChI=1S/C17H13ClN2O2S/c1-22-12-6-4-5-11(9-12)10-15-16(21)20-17(23-15)19-14-8-3-2-7-13(14)18/h2-10H,1H3,(H,19,20,21). The largest absolute Gasteiger partial charge is 0.497 e. The molecule has 1 aliphatic heterocycles. The average molecular weight is 345 g/mol. The van der Waals surface area contributed by atoms with Gasteiger partial charge in [0.2, 0.25) is 0 Å². The molecule has 1 aliphatic rings. The van der Waals surface area contributed by atoms with Gasteiger partial charge in [-0.15, -0.1) is 0 Å². The highest BCUT2D eigenvalue weighted by molar-refractivity contribution is 8.18. The van der Waals surface area contributed by atoms with Gasteiger partial charge >= 0.3 is 0 Å². The summed E-state index contributed by atoms with van der Waals surface area (Å²) >= 11 is 7.36. The molecule has 1 fully saturated rings. The van der Waals surface area contributed by atoms with Crippen molar-refractivity contribution in [2.45, 2.75) is 0 Å². The molecule has 6 heteroatoms. The van der Waals surface area contributed by atoms with Crippen molar-refractivity contribution in [2.24, 2.45) is 4.99 Å². The monoisotopic (exact) mass is 344 g/mol. The minimum atomic E-state index is -0.177. The van der Waals surface area contributed by atoms with Gasteiger partial charge in [-0.1, -0.05) is 35.9 Å². The topological polar surface area (TPSA) is 50.7 Å². The highest BCUT2D eigenvalue weighted by Crippen LogP contribution is 2.31. The summed E-state index contributed by atoms with van der Waals surface area (Å²) in [5.41, 5.74) is 1.51. The number of aliphatic imine (C=N–C) groups is 1. The number of rotatable bonds is 3. The number of halogens is 1. The lowest BCUT2D eigenvalue weighted by molar-refractivity contribution is -0.115. The Morgan fingerprint density at radius 3 is 2.83 bits per heavy atom. The number of methoxy groups -OCH3 is 1. The molecule has 1 heterocycles. The Labute approximate surface area is 143 Å². The molecule has 0 spiro atoms. The van der Waals surface area contributed by atoms with Crippen LogP contribution in [0.2, 0.25) is 5.02 Å². The number of amidine groups is 1. The second kappa shape index (κ2) is 6.89.